The molecular weight excluding hydrogens is 336 g/mol. The normalized spacial score (nSPS) is 10.0. The van der Waals surface area contributed by atoms with Crippen molar-refractivity contribution in [3.8, 4) is 11.5 Å². The summed E-state index contributed by atoms with van der Waals surface area (Å²) in [6.45, 7) is 0. The van der Waals surface area contributed by atoms with E-state index >= 15 is 0 Å². The van der Waals surface area contributed by atoms with Crippen LogP contribution in [0, 0.1) is 0 Å². The Bertz CT molecular complexity index is 674. The molecule has 0 saturated heterocycles. The van der Waals surface area contributed by atoms with Crippen molar-refractivity contribution in [2.45, 2.75) is 0 Å². The van der Waals surface area contributed by atoms with E-state index in [1.807, 2.05) is 0 Å². The number of nitrogens with two attached hydrogens (primary N) is 1. The van der Waals surface area contributed by atoms with Crippen molar-refractivity contribution in [2.24, 2.45) is 0 Å². The predicted molar refractivity (Wildman–Crippen MR) is 86.1 cm³/mol. The van der Waals surface area contributed by atoms with Gasteiger partial charge >= 0.3 is 0 Å². The monoisotopic (exact) mass is 350 g/mol. The smallest absolute Gasteiger partial charge is 0.255 e. The summed E-state index contributed by atoms with van der Waals surface area (Å²) in [4.78, 5) is 12.3. The Morgan fingerprint density at radius 2 is 1.71 bits per heavy atom. The largest absolute Gasteiger partial charge is 0.497 e. The third-order valence-corrected chi connectivity index (χ3v) is 3.25. The van der Waals surface area contributed by atoms with E-state index in [0.29, 0.717) is 28.4 Å². The van der Waals surface area contributed by atoms with Crippen molar-refractivity contribution in [1.29, 1.82) is 0 Å². The second kappa shape index (κ2) is 6.49. The van der Waals surface area contributed by atoms with Gasteiger partial charge in [-0.3, -0.25) is 4.79 Å². The van der Waals surface area contributed by atoms with Crippen LogP contribution in [-0.2, 0) is 0 Å². The van der Waals surface area contributed by atoms with Gasteiger partial charge in [-0.05, 0) is 24.3 Å². The third-order valence-electron chi connectivity index (χ3n) is 2.79. The molecule has 2 rings (SSSR count). The van der Waals surface area contributed by atoms with E-state index in [1.54, 1.807) is 43.5 Å². The van der Waals surface area contributed by atoms with Crippen LogP contribution in [0.2, 0.25) is 0 Å². The molecule has 6 heteroatoms. The first kappa shape index (κ1) is 15.2. The molecule has 0 spiro atoms. The highest BCUT2D eigenvalue weighted by Crippen LogP contribution is 2.25. The lowest BCUT2D eigenvalue weighted by Gasteiger charge is -2.10. The van der Waals surface area contributed by atoms with Gasteiger partial charge in [-0.1, -0.05) is 15.9 Å². The maximum atomic E-state index is 12.3. The Morgan fingerprint density at radius 3 is 2.38 bits per heavy atom. The Morgan fingerprint density at radius 1 is 1.05 bits per heavy atom. The van der Waals surface area contributed by atoms with Gasteiger partial charge in [0.25, 0.3) is 5.91 Å². The standard InChI is InChI=1S/C15H15BrN2O3/c1-20-13-4-9(3-11(17)7-13)15(19)18-12-5-10(16)6-14(8-12)21-2/h3-8H,17H2,1-2H3,(H,18,19). The van der Waals surface area contributed by atoms with Crippen LogP contribution < -0.4 is 20.5 Å². The van der Waals surface area contributed by atoms with Gasteiger partial charge in [-0.25, -0.2) is 0 Å². The van der Waals surface area contributed by atoms with Crippen molar-refractivity contribution in [2.75, 3.05) is 25.3 Å². The van der Waals surface area contributed by atoms with Crippen LogP contribution in [0.25, 0.3) is 0 Å². The molecule has 1 amide bonds. The van der Waals surface area contributed by atoms with Crippen LogP contribution in [0.3, 0.4) is 0 Å². The highest BCUT2D eigenvalue weighted by atomic mass is 79.9. The fraction of sp³-hybridized carbons (Fsp3) is 0.133. The number of carbonyl (C=O) groups is 1. The highest BCUT2D eigenvalue weighted by molar-refractivity contribution is 9.10. The van der Waals surface area contributed by atoms with Gasteiger partial charge in [0.15, 0.2) is 0 Å². The molecule has 0 bridgehead atoms. The van der Waals surface area contributed by atoms with Crippen LogP contribution in [-0.4, -0.2) is 20.1 Å². The van der Waals surface area contributed by atoms with Gasteiger partial charge in [-0.2, -0.15) is 0 Å². The van der Waals surface area contributed by atoms with Crippen molar-refractivity contribution >= 4 is 33.2 Å². The molecule has 0 unspecified atom stereocenters. The summed E-state index contributed by atoms with van der Waals surface area (Å²) in [5.74, 6) is 0.901. The molecule has 0 saturated carbocycles. The molecule has 110 valence electrons. The molecule has 2 aromatic rings. The van der Waals surface area contributed by atoms with E-state index in [0.717, 1.165) is 4.47 Å². The minimum Gasteiger partial charge on any atom is -0.497 e. The Kier molecular flexibility index (Phi) is 4.70. The third kappa shape index (κ3) is 3.88. The van der Waals surface area contributed by atoms with Gasteiger partial charge < -0.3 is 20.5 Å². The number of rotatable bonds is 4. The first-order valence-corrected chi connectivity index (χ1v) is 6.91. The summed E-state index contributed by atoms with van der Waals surface area (Å²) in [6, 6.07) is 10.2. The molecule has 5 nitrogen and oxygen atoms in total. The lowest BCUT2D eigenvalue weighted by atomic mass is 10.1. The van der Waals surface area contributed by atoms with Gasteiger partial charge in [0.1, 0.15) is 11.5 Å². The number of methoxy groups -OCH3 is 2. The molecular formula is C15H15BrN2O3. The summed E-state index contributed by atoms with van der Waals surface area (Å²) >= 11 is 3.36. The average Bonchev–Trinajstić information content (AvgIpc) is 2.45. The van der Waals surface area contributed by atoms with Crippen LogP contribution in [0.5, 0.6) is 11.5 Å². The van der Waals surface area contributed by atoms with Crippen LogP contribution in [0.15, 0.2) is 40.9 Å². The minimum absolute atomic E-state index is 0.277. The van der Waals surface area contributed by atoms with E-state index in [-0.39, 0.29) is 5.91 Å². The molecule has 0 aliphatic heterocycles. The zero-order valence-electron chi connectivity index (χ0n) is 11.6. The van der Waals surface area contributed by atoms with Gasteiger partial charge in [0.2, 0.25) is 0 Å². The molecule has 21 heavy (non-hydrogen) atoms. The number of anilines is 2. The fourth-order valence-corrected chi connectivity index (χ4v) is 2.30. The lowest BCUT2D eigenvalue weighted by Crippen LogP contribution is -2.12. The van der Waals surface area contributed by atoms with Gasteiger partial charge in [0.05, 0.1) is 14.2 Å². The maximum absolute atomic E-state index is 12.3. The lowest BCUT2D eigenvalue weighted by molar-refractivity contribution is 0.102. The molecule has 0 aromatic heterocycles. The number of hydrogen-bond donors (Lipinski definition) is 2. The number of ether oxygens (including phenoxy) is 2. The van der Waals surface area contributed by atoms with Crippen molar-refractivity contribution in [3.05, 3.63) is 46.4 Å². The Labute approximate surface area is 131 Å². The van der Waals surface area contributed by atoms with E-state index in [9.17, 15) is 4.79 Å². The Balaban J connectivity index is 2.25. The number of benzene rings is 2. The molecule has 0 radical (unpaired) electrons. The Hall–Kier alpha value is -2.21. The van der Waals surface area contributed by atoms with Crippen LogP contribution in [0.4, 0.5) is 11.4 Å². The van der Waals surface area contributed by atoms with E-state index < -0.39 is 0 Å². The highest BCUT2D eigenvalue weighted by Gasteiger charge is 2.10. The van der Waals surface area contributed by atoms with Crippen LogP contribution >= 0.6 is 15.9 Å². The predicted octanol–water partition coefficient (Wildman–Crippen LogP) is 3.30. The number of nitrogen functional groups attached to an aromatic ring is 1. The summed E-state index contributed by atoms with van der Waals surface area (Å²) in [5.41, 5.74) is 7.25. The number of hydrogen-bond acceptors (Lipinski definition) is 4. The summed E-state index contributed by atoms with van der Waals surface area (Å²) < 4.78 is 11.1. The second-order valence-corrected chi connectivity index (χ2v) is 5.24. The van der Waals surface area contributed by atoms with Crippen molar-refractivity contribution in [3.63, 3.8) is 0 Å². The molecule has 0 atom stereocenters. The number of amides is 1. The molecule has 0 fully saturated rings. The first-order valence-electron chi connectivity index (χ1n) is 6.12. The zero-order chi connectivity index (χ0) is 15.4. The fourth-order valence-electron chi connectivity index (χ4n) is 1.83. The minimum atomic E-state index is -0.277. The number of carbonyl (C=O) groups excluding carboxylic acids is 1. The van der Waals surface area contributed by atoms with Crippen molar-refractivity contribution in [1.82, 2.24) is 0 Å². The van der Waals surface area contributed by atoms with E-state index in [2.05, 4.69) is 21.2 Å². The van der Waals surface area contributed by atoms with Gasteiger partial charge in [0, 0.05) is 33.5 Å². The number of halogens is 1. The summed E-state index contributed by atoms with van der Waals surface area (Å²) in [7, 11) is 3.09. The molecule has 3 N–H and O–H groups in total. The SMILES string of the molecule is COc1cc(Br)cc(NC(=O)c2cc(N)cc(OC)c2)c1. The first-order chi connectivity index (χ1) is 10.0. The zero-order valence-corrected chi connectivity index (χ0v) is 13.2. The second-order valence-electron chi connectivity index (χ2n) is 4.33. The van der Waals surface area contributed by atoms with E-state index in [1.165, 1.54) is 7.11 Å². The number of nitrogens with one attached hydrogen (secondary N) is 1. The molecule has 0 aliphatic rings. The van der Waals surface area contributed by atoms with Crippen LogP contribution in [0.1, 0.15) is 10.4 Å². The average molecular weight is 351 g/mol. The summed E-state index contributed by atoms with van der Waals surface area (Å²) in [6.07, 6.45) is 0. The van der Waals surface area contributed by atoms with Gasteiger partial charge in [-0.15, -0.1) is 0 Å². The molecule has 2 aromatic carbocycles. The quantitative estimate of drug-likeness (QED) is 0.829. The topological polar surface area (TPSA) is 73.6 Å². The summed E-state index contributed by atoms with van der Waals surface area (Å²) in [5, 5.41) is 2.79. The molecule has 0 heterocycles. The maximum Gasteiger partial charge on any atom is 0.255 e. The van der Waals surface area contributed by atoms with E-state index in [4.69, 9.17) is 15.2 Å². The van der Waals surface area contributed by atoms with Crippen molar-refractivity contribution < 1.29 is 14.3 Å². The molecule has 0 aliphatic carbocycles.